The van der Waals surface area contributed by atoms with Crippen LogP contribution in [0.15, 0.2) is 54.9 Å². The molecule has 3 rings (SSSR count). The molecule has 1 aromatic carbocycles. The summed E-state index contributed by atoms with van der Waals surface area (Å²) in [5.74, 6) is 0.369. The highest BCUT2D eigenvalue weighted by Gasteiger charge is 2.17. The standard InChI is InChI=1S/C22H25N3O3/c26-21(24-15-18-4-3-13-23-14-18)12-9-17-7-10-20(11-8-17)28-16-22(27)25-19-5-1-2-6-19/h3-4,7-14,19H,1-2,5-6,15-16H2,(H,24,26)(H,25,27)/b12-9+. The molecule has 1 aliphatic rings. The second kappa shape index (κ2) is 10.3. The molecule has 1 saturated carbocycles. The molecule has 28 heavy (non-hydrogen) atoms. The first kappa shape index (κ1) is 19.6. The van der Waals surface area contributed by atoms with Crippen molar-refractivity contribution in [2.45, 2.75) is 38.3 Å². The van der Waals surface area contributed by atoms with Gasteiger partial charge in [0.15, 0.2) is 6.61 Å². The van der Waals surface area contributed by atoms with Gasteiger partial charge >= 0.3 is 0 Å². The Kier molecular flexibility index (Phi) is 7.18. The van der Waals surface area contributed by atoms with Crippen LogP contribution in [0.25, 0.3) is 6.08 Å². The third-order valence-electron chi connectivity index (χ3n) is 4.59. The van der Waals surface area contributed by atoms with Crippen LogP contribution in [0.1, 0.15) is 36.8 Å². The number of hydrogen-bond donors (Lipinski definition) is 2. The van der Waals surface area contributed by atoms with Crippen molar-refractivity contribution < 1.29 is 14.3 Å². The van der Waals surface area contributed by atoms with Crippen LogP contribution in [0, 0.1) is 0 Å². The third-order valence-corrected chi connectivity index (χ3v) is 4.59. The van der Waals surface area contributed by atoms with E-state index in [0.29, 0.717) is 18.3 Å². The Morgan fingerprint density at radius 1 is 1.14 bits per heavy atom. The molecule has 1 aliphatic carbocycles. The molecule has 1 heterocycles. The summed E-state index contributed by atoms with van der Waals surface area (Å²) < 4.78 is 5.52. The minimum absolute atomic E-state index is 0.0163. The van der Waals surface area contributed by atoms with Crippen LogP contribution >= 0.6 is 0 Å². The van der Waals surface area contributed by atoms with Gasteiger partial charge < -0.3 is 15.4 Å². The predicted octanol–water partition coefficient (Wildman–Crippen LogP) is 2.85. The molecule has 0 saturated heterocycles. The monoisotopic (exact) mass is 379 g/mol. The van der Waals surface area contributed by atoms with E-state index in [0.717, 1.165) is 24.0 Å². The van der Waals surface area contributed by atoms with Gasteiger partial charge in [-0.05, 0) is 48.2 Å². The molecule has 6 heteroatoms. The SMILES string of the molecule is O=C(/C=C/c1ccc(OCC(=O)NC2CCCC2)cc1)NCc1cccnc1. The Bertz CT molecular complexity index is 798. The maximum atomic E-state index is 11.9. The fourth-order valence-electron chi connectivity index (χ4n) is 3.09. The van der Waals surface area contributed by atoms with E-state index in [9.17, 15) is 9.59 Å². The van der Waals surface area contributed by atoms with Crippen molar-refractivity contribution in [1.82, 2.24) is 15.6 Å². The molecule has 0 spiro atoms. The van der Waals surface area contributed by atoms with Gasteiger partial charge in [-0.3, -0.25) is 14.6 Å². The van der Waals surface area contributed by atoms with Gasteiger partial charge in [-0.25, -0.2) is 0 Å². The third kappa shape index (κ3) is 6.54. The fourth-order valence-corrected chi connectivity index (χ4v) is 3.09. The lowest BCUT2D eigenvalue weighted by Gasteiger charge is -2.12. The highest BCUT2D eigenvalue weighted by molar-refractivity contribution is 5.91. The Morgan fingerprint density at radius 3 is 2.64 bits per heavy atom. The molecule has 0 aliphatic heterocycles. The quantitative estimate of drug-likeness (QED) is 0.691. The molecule has 1 aromatic heterocycles. The van der Waals surface area contributed by atoms with Crippen molar-refractivity contribution >= 4 is 17.9 Å². The molecule has 0 radical (unpaired) electrons. The van der Waals surface area contributed by atoms with Crippen molar-refractivity contribution in [3.05, 3.63) is 66.0 Å². The van der Waals surface area contributed by atoms with Crippen LogP contribution in [0.2, 0.25) is 0 Å². The molecule has 0 atom stereocenters. The number of carbonyl (C=O) groups excluding carboxylic acids is 2. The summed E-state index contributed by atoms with van der Waals surface area (Å²) in [5.41, 5.74) is 1.82. The van der Waals surface area contributed by atoms with Gasteiger partial charge in [-0.1, -0.05) is 31.0 Å². The normalized spacial score (nSPS) is 14.1. The Morgan fingerprint density at radius 2 is 1.93 bits per heavy atom. The second-order valence-corrected chi connectivity index (χ2v) is 6.82. The second-order valence-electron chi connectivity index (χ2n) is 6.82. The van der Waals surface area contributed by atoms with Gasteiger partial charge in [0.25, 0.3) is 5.91 Å². The number of nitrogens with one attached hydrogen (secondary N) is 2. The number of benzene rings is 1. The summed E-state index contributed by atoms with van der Waals surface area (Å²) in [5, 5.41) is 5.80. The lowest BCUT2D eigenvalue weighted by atomic mass is 10.2. The van der Waals surface area contributed by atoms with Crippen LogP contribution in [0.5, 0.6) is 5.75 Å². The molecule has 2 N–H and O–H groups in total. The van der Waals surface area contributed by atoms with Crippen LogP contribution < -0.4 is 15.4 Å². The van der Waals surface area contributed by atoms with E-state index in [1.807, 2.05) is 24.3 Å². The van der Waals surface area contributed by atoms with E-state index in [-0.39, 0.29) is 18.4 Å². The Balaban J connectivity index is 1.40. The molecule has 1 fully saturated rings. The summed E-state index contributed by atoms with van der Waals surface area (Å²) in [4.78, 5) is 27.8. The zero-order valence-electron chi connectivity index (χ0n) is 15.8. The topological polar surface area (TPSA) is 80.3 Å². The average molecular weight is 379 g/mol. The van der Waals surface area contributed by atoms with E-state index in [4.69, 9.17) is 4.74 Å². The fraction of sp³-hybridized carbons (Fsp3) is 0.318. The molecular formula is C22H25N3O3. The van der Waals surface area contributed by atoms with Gasteiger partial charge in [0.1, 0.15) is 5.75 Å². The molecule has 2 aromatic rings. The largest absolute Gasteiger partial charge is 0.484 e. The van der Waals surface area contributed by atoms with E-state index in [1.54, 1.807) is 30.6 Å². The highest BCUT2D eigenvalue weighted by atomic mass is 16.5. The van der Waals surface area contributed by atoms with Gasteiger partial charge in [0.05, 0.1) is 0 Å². The molecule has 0 unspecified atom stereocenters. The van der Waals surface area contributed by atoms with Crippen molar-refractivity contribution in [3.63, 3.8) is 0 Å². The summed E-state index contributed by atoms with van der Waals surface area (Å²) in [7, 11) is 0. The van der Waals surface area contributed by atoms with Crippen LogP contribution in [-0.4, -0.2) is 29.4 Å². The molecule has 0 bridgehead atoms. The number of ether oxygens (including phenoxy) is 1. The first-order valence-corrected chi connectivity index (χ1v) is 9.56. The Hall–Kier alpha value is -3.15. The first-order valence-electron chi connectivity index (χ1n) is 9.56. The number of aromatic nitrogens is 1. The summed E-state index contributed by atoms with van der Waals surface area (Å²) >= 11 is 0. The first-order chi connectivity index (χ1) is 13.7. The van der Waals surface area contributed by atoms with Crippen LogP contribution in [0.3, 0.4) is 0 Å². The van der Waals surface area contributed by atoms with E-state index in [2.05, 4.69) is 15.6 Å². The molecular weight excluding hydrogens is 354 g/mol. The minimum atomic E-state index is -0.173. The lowest BCUT2D eigenvalue weighted by molar-refractivity contribution is -0.123. The van der Waals surface area contributed by atoms with Crippen molar-refractivity contribution in [1.29, 1.82) is 0 Å². The molecule has 146 valence electrons. The van der Waals surface area contributed by atoms with Gasteiger partial charge in [-0.15, -0.1) is 0 Å². The lowest BCUT2D eigenvalue weighted by Crippen LogP contribution is -2.36. The van der Waals surface area contributed by atoms with Crippen molar-refractivity contribution in [3.8, 4) is 5.75 Å². The summed E-state index contributed by atoms with van der Waals surface area (Å²) in [6.07, 6.45) is 11.1. The molecule has 6 nitrogen and oxygen atoms in total. The smallest absolute Gasteiger partial charge is 0.258 e. The van der Waals surface area contributed by atoms with Gasteiger partial charge in [0, 0.05) is 31.1 Å². The maximum absolute atomic E-state index is 11.9. The summed E-state index contributed by atoms with van der Waals surface area (Å²) in [6.45, 7) is 0.454. The van der Waals surface area contributed by atoms with Gasteiger partial charge in [0.2, 0.25) is 5.91 Å². The summed E-state index contributed by atoms with van der Waals surface area (Å²) in [6, 6.07) is 11.3. The van der Waals surface area contributed by atoms with Crippen LogP contribution in [-0.2, 0) is 16.1 Å². The van der Waals surface area contributed by atoms with E-state index < -0.39 is 0 Å². The predicted molar refractivity (Wildman–Crippen MR) is 107 cm³/mol. The van der Waals surface area contributed by atoms with Crippen molar-refractivity contribution in [2.75, 3.05) is 6.61 Å². The maximum Gasteiger partial charge on any atom is 0.258 e. The van der Waals surface area contributed by atoms with Crippen molar-refractivity contribution in [2.24, 2.45) is 0 Å². The van der Waals surface area contributed by atoms with E-state index in [1.165, 1.54) is 18.9 Å². The highest BCUT2D eigenvalue weighted by Crippen LogP contribution is 2.17. The zero-order valence-corrected chi connectivity index (χ0v) is 15.8. The minimum Gasteiger partial charge on any atom is -0.484 e. The van der Waals surface area contributed by atoms with E-state index >= 15 is 0 Å². The number of rotatable bonds is 8. The zero-order chi connectivity index (χ0) is 19.6. The number of hydrogen-bond acceptors (Lipinski definition) is 4. The number of amides is 2. The van der Waals surface area contributed by atoms with Crippen LogP contribution in [0.4, 0.5) is 0 Å². The average Bonchev–Trinajstić information content (AvgIpc) is 3.23. The molecule has 2 amide bonds. The van der Waals surface area contributed by atoms with Gasteiger partial charge in [-0.2, -0.15) is 0 Å². The number of pyridine rings is 1. The number of carbonyl (C=O) groups is 2. The Labute approximate surface area is 165 Å². The number of nitrogens with zero attached hydrogens (tertiary/aromatic N) is 1.